The van der Waals surface area contributed by atoms with Gasteiger partial charge in [-0.25, -0.2) is 0 Å². The van der Waals surface area contributed by atoms with Crippen molar-refractivity contribution in [1.29, 1.82) is 0 Å². The number of anilines is 2. The highest BCUT2D eigenvalue weighted by Crippen LogP contribution is 2.26. The van der Waals surface area contributed by atoms with Gasteiger partial charge in [0, 0.05) is 28.7 Å². The zero-order valence-corrected chi connectivity index (χ0v) is 12.9. The Kier molecular flexibility index (Phi) is 4.12. The lowest BCUT2D eigenvalue weighted by molar-refractivity contribution is 0.568. The summed E-state index contributed by atoms with van der Waals surface area (Å²) < 4.78 is 0. The van der Waals surface area contributed by atoms with Gasteiger partial charge in [0.25, 0.3) is 0 Å². The first-order chi connectivity index (χ1) is 10.1. The van der Waals surface area contributed by atoms with Crippen LogP contribution in [-0.2, 0) is 0 Å². The molecule has 7 heteroatoms. The summed E-state index contributed by atoms with van der Waals surface area (Å²) in [5.41, 5.74) is 6.56. The number of piperidine rings is 1. The molecule has 0 unspecified atom stereocenters. The fourth-order valence-electron chi connectivity index (χ4n) is 2.43. The van der Waals surface area contributed by atoms with Crippen molar-refractivity contribution >= 4 is 35.1 Å². The number of hydrogen-bond acceptors (Lipinski definition) is 5. The molecule has 1 aromatic carbocycles. The van der Waals surface area contributed by atoms with Crippen molar-refractivity contribution in [3.8, 4) is 11.4 Å². The van der Waals surface area contributed by atoms with Gasteiger partial charge in [-0.3, -0.25) is 0 Å². The number of aromatic nitrogens is 3. The van der Waals surface area contributed by atoms with Crippen molar-refractivity contribution in [1.82, 2.24) is 15.0 Å². The molecule has 0 amide bonds. The predicted molar refractivity (Wildman–Crippen MR) is 85.8 cm³/mol. The second-order valence-electron chi connectivity index (χ2n) is 5.02. The summed E-state index contributed by atoms with van der Waals surface area (Å²) in [4.78, 5) is 15.1. The van der Waals surface area contributed by atoms with Crippen molar-refractivity contribution in [2.75, 3.05) is 23.7 Å². The van der Waals surface area contributed by atoms with E-state index < -0.39 is 0 Å². The van der Waals surface area contributed by atoms with Crippen LogP contribution in [0.3, 0.4) is 0 Å². The van der Waals surface area contributed by atoms with Crippen molar-refractivity contribution in [3.63, 3.8) is 0 Å². The van der Waals surface area contributed by atoms with E-state index in [4.69, 9.17) is 28.9 Å². The quantitative estimate of drug-likeness (QED) is 0.917. The minimum atomic E-state index is 0.205. The average molecular weight is 324 g/mol. The highest BCUT2D eigenvalue weighted by molar-refractivity contribution is 6.35. The molecule has 1 fully saturated rings. The fourth-order valence-corrected chi connectivity index (χ4v) is 2.95. The highest BCUT2D eigenvalue weighted by Gasteiger charge is 2.16. The summed E-state index contributed by atoms with van der Waals surface area (Å²) in [7, 11) is 0. The predicted octanol–water partition coefficient (Wildman–Crippen LogP) is 3.42. The number of hydrogen-bond donors (Lipinski definition) is 1. The normalized spacial score (nSPS) is 15.2. The smallest absolute Gasteiger partial charge is 0.230 e. The molecular weight excluding hydrogens is 309 g/mol. The molecule has 0 bridgehead atoms. The van der Waals surface area contributed by atoms with E-state index in [0.29, 0.717) is 21.8 Å². The largest absolute Gasteiger partial charge is 0.368 e. The van der Waals surface area contributed by atoms with Gasteiger partial charge in [0.05, 0.1) is 0 Å². The molecule has 0 atom stereocenters. The minimum absolute atomic E-state index is 0.205. The third-order valence-electron chi connectivity index (χ3n) is 3.40. The van der Waals surface area contributed by atoms with Crippen LogP contribution in [0.1, 0.15) is 19.3 Å². The summed E-state index contributed by atoms with van der Waals surface area (Å²) in [6, 6.07) is 5.20. The molecule has 5 nitrogen and oxygen atoms in total. The zero-order chi connectivity index (χ0) is 14.8. The van der Waals surface area contributed by atoms with E-state index in [9.17, 15) is 0 Å². The van der Waals surface area contributed by atoms with Crippen LogP contribution in [0.5, 0.6) is 0 Å². The van der Waals surface area contributed by atoms with Crippen LogP contribution < -0.4 is 10.6 Å². The van der Waals surface area contributed by atoms with Crippen LogP contribution in [0.4, 0.5) is 11.9 Å². The number of nitrogens with two attached hydrogens (primary N) is 1. The number of halogens is 2. The van der Waals surface area contributed by atoms with Crippen molar-refractivity contribution in [2.45, 2.75) is 19.3 Å². The van der Waals surface area contributed by atoms with Gasteiger partial charge in [-0.05, 0) is 37.5 Å². The SMILES string of the molecule is Nc1nc(-c2cc(Cl)cc(Cl)c2)nc(N2CCCCC2)n1. The second kappa shape index (κ2) is 6.03. The fraction of sp³-hybridized carbons (Fsp3) is 0.357. The van der Waals surface area contributed by atoms with Gasteiger partial charge in [0.15, 0.2) is 5.82 Å². The van der Waals surface area contributed by atoms with E-state index in [1.54, 1.807) is 18.2 Å². The van der Waals surface area contributed by atoms with Gasteiger partial charge in [0.1, 0.15) is 0 Å². The van der Waals surface area contributed by atoms with Crippen LogP contribution in [0, 0.1) is 0 Å². The molecule has 1 saturated heterocycles. The van der Waals surface area contributed by atoms with E-state index >= 15 is 0 Å². The molecule has 0 radical (unpaired) electrons. The standard InChI is InChI=1S/C14H15Cl2N5/c15-10-6-9(7-11(16)8-10)12-18-13(17)20-14(19-12)21-4-2-1-3-5-21/h6-8H,1-5H2,(H2,17,18,19,20). The van der Waals surface area contributed by atoms with E-state index in [1.807, 2.05) is 0 Å². The monoisotopic (exact) mass is 323 g/mol. The van der Waals surface area contributed by atoms with Gasteiger partial charge in [0.2, 0.25) is 11.9 Å². The highest BCUT2D eigenvalue weighted by atomic mass is 35.5. The van der Waals surface area contributed by atoms with E-state index in [-0.39, 0.29) is 5.95 Å². The third-order valence-corrected chi connectivity index (χ3v) is 3.84. The summed E-state index contributed by atoms with van der Waals surface area (Å²) in [5.74, 6) is 1.32. The second-order valence-corrected chi connectivity index (χ2v) is 5.90. The molecule has 21 heavy (non-hydrogen) atoms. The van der Waals surface area contributed by atoms with Crippen LogP contribution in [0.25, 0.3) is 11.4 Å². The van der Waals surface area contributed by atoms with Crippen LogP contribution >= 0.6 is 23.2 Å². The summed E-state index contributed by atoms with van der Waals surface area (Å²) >= 11 is 12.1. The topological polar surface area (TPSA) is 67.9 Å². The summed E-state index contributed by atoms with van der Waals surface area (Å²) in [6.45, 7) is 1.89. The first kappa shape index (κ1) is 14.4. The van der Waals surface area contributed by atoms with Gasteiger partial charge in [-0.15, -0.1) is 0 Å². The molecule has 2 N–H and O–H groups in total. The molecule has 110 valence electrons. The number of nitrogen functional groups attached to an aromatic ring is 1. The lowest BCUT2D eigenvalue weighted by Gasteiger charge is -2.26. The van der Waals surface area contributed by atoms with Crippen LogP contribution in [0.15, 0.2) is 18.2 Å². The number of rotatable bonds is 2. The molecule has 1 aliphatic heterocycles. The van der Waals surface area contributed by atoms with Gasteiger partial charge < -0.3 is 10.6 Å². The molecule has 2 aromatic rings. The third kappa shape index (κ3) is 3.36. The lowest BCUT2D eigenvalue weighted by atomic mass is 10.1. The first-order valence-electron chi connectivity index (χ1n) is 6.85. The molecule has 2 heterocycles. The van der Waals surface area contributed by atoms with Crippen molar-refractivity contribution in [2.24, 2.45) is 0 Å². The Morgan fingerprint density at radius 2 is 1.57 bits per heavy atom. The van der Waals surface area contributed by atoms with E-state index in [1.165, 1.54) is 6.42 Å². The number of nitrogens with zero attached hydrogens (tertiary/aromatic N) is 4. The summed E-state index contributed by atoms with van der Waals surface area (Å²) in [5, 5.41) is 1.08. The Morgan fingerprint density at radius 3 is 2.24 bits per heavy atom. The van der Waals surface area contributed by atoms with Crippen LogP contribution in [0.2, 0.25) is 10.0 Å². The molecule has 0 aliphatic carbocycles. The zero-order valence-electron chi connectivity index (χ0n) is 11.4. The Morgan fingerprint density at radius 1 is 0.905 bits per heavy atom. The Balaban J connectivity index is 2.00. The lowest BCUT2D eigenvalue weighted by Crippen LogP contribution is -2.31. The molecule has 1 aromatic heterocycles. The first-order valence-corrected chi connectivity index (χ1v) is 7.60. The molecule has 1 aliphatic rings. The average Bonchev–Trinajstić information content (AvgIpc) is 2.46. The Bertz CT molecular complexity index is 636. The molecular formula is C14H15Cl2N5. The van der Waals surface area contributed by atoms with E-state index in [2.05, 4.69) is 19.9 Å². The van der Waals surface area contributed by atoms with E-state index in [0.717, 1.165) is 31.5 Å². The maximum atomic E-state index is 6.03. The minimum Gasteiger partial charge on any atom is -0.368 e. The summed E-state index contributed by atoms with van der Waals surface area (Å²) in [6.07, 6.45) is 3.53. The molecule has 0 saturated carbocycles. The maximum absolute atomic E-state index is 6.03. The van der Waals surface area contributed by atoms with Crippen molar-refractivity contribution in [3.05, 3.63) is 28.2 Å². The van der Waals surface area contributed by atoms with Gasteiger partial charge >= 0.3 is 0 Å². The molecule has 3 rings (SSSR count). The number of benzene rings is 1. The van der Waals surface area contributed by atoms with Crippen LogP contribution in [-0.4, -0.2) is 28.0 Å². The molecule has 0 spiro atoms. The maximum Gasteiger partial charge on any atom is 0.230 e. The Hall–Kier alpha value is -1.59. The van der Waals surface area contributed by atoms with Gasteiger partial charge in [-0.1, -0.05) is 23.2 Å². The van der Waals surface area contributed by atoms with Crippen molar-refractivity contribution < 1.29 is 0 Å². The van der Waals surface area contributed by atoms with Gasteiger partial charge in [-0.2, -0.15) is 15.0 Å². The Labute approximate surface area is 133 Å².